The van der Waals surface area contributed by atoms with Crippen LogP contribution in [0.15, 0.2) is 24.3 Å². The summed E-state index contributed by atoms with van der Waals surface area (Å²) in [7, 11) is 0. The highest BCUT2D eigenvalue weighted by molar-refractivity contribution is 6.30. The molecule has 1 N–H and O–H groups in total. The predicted octanol–water partition coefficient (Wildman–Crippen LogP) is 2.46. The summed E-state index contributed by atoms with van der Waals surface area (Å²) in [6.45, 7) is 2.96. The number of rotatable bonds is 3. The molecule has 0 radical (unpaired) electrons. The molecule has 2 rings (SSSR count). The van der Waals surface area contributed by atoms with E-state index in [1.165, 1.54) is 4.90 Å². The van der Waals surface area contributed by atoms with Crippen LogP contribution in [0.25, 0.3) is 0 Å². The van der Waals surface area contributed by atoms with Crippen LogP contribution in [-0.4, -0.2) is 42.5 Å². The summed E-state index contributed by atoms with van der Waals surface area (Å²) in [5, 5.41) is 2.87. The van der Waals surface area contributed by atoms with E-state index in [4.69, 9.17) is 16.3 Å². The second kappa shape index (κ2) is 7.97. The molecule has 0 spiro atoms. The molecule has 0 atom stereocenters. The summed E-state index contributed by atoms with van der Waals surface area (Å²) < 4.78 is 4.99. The predicted molar refractivity (Wildman–Crippen MR) is 85.2 cm³/mol. The highest BCUT2D eigenvalue weighted by Gasteiger charge is 2.28. The average Bonchev–Trinajstić information content (AvgIpc) is 2.55. The van der Waals surface area contributed by atoms with Crippen molar-refractivity contribution < 1.29 is 19.1 Å². The van der Waals surface area contributed by atoms with Gasteiger partial charge in [0.1, 0.15) is 0 Å². The molecule has 23 heavy (non-hydrogen) atoms. The lowest BCUT2D eigenvalue weighted by molar-refractivity contribution is -0.149. The van der Waals surface area contributed by atoms with Crippen molar-refractivity contribution in [2.45, 2.75) is 19.8 Å². The van der Waals surface area contributed by atoms with E-state index in [1.54, 1.807) is 31.2 Å². The minimum absolute atomic E-state index is 0.175. The number of urea groups is 1. The Bertz CT molecular complexity index is 580. The number of carbonyl (C=O) groups is 3. The van der Waals surface area contributed by atoms with Crippen LogP contribution in [0.3, 0.4) is 0 Å². The Labute approximate surface area is 139 Å². The smallest absolute Gasteiger partial charge is 0.324 e. The van der Waals surface area contributed by atoms with Gasteiger partial charge in [-0.3, -0.25) is 14.9 Å². The largest absolute Gasteiger partial charge is 0.466 e. The van der Waals surface area contributed by atoms with Gasteiger partial charge in [0.05, 0.1) is 12.5 Å². The minimum Gasteiger partial charge on any atom is -0.466 e. The molecular weight excluding hydrogens is 320 g/mol. The molecule has 1 aromatic rings. The zero-order valence-electron chi connectivity index (χ0n) is 12.9. The first kappa shape index (κ1) is 17.3. The van der Waals surface area contributed by atoms with Crippen molar-refractivity contribution in [1.29, 1.82) is 0 Å². The van der Waals surface area contributed by atoms with E-state index < -0.39 is 11.9 Å². The van der Waals surface area contributed by atoms with Gasteiger partial charge in [0.2, 0.25) is 0 Å². The average molecular weight is 339 g/mol. The molecule has 0 unspecified atom stereocenters. The molecule has 0 saturated carbocycles. The molecule has 1 aliphatic heterocycles. The molecule has 3 amide bonds. The van der Waals surface area contributed by atoms with E-state index in [0.29, 0.717) is 43.1 Å². The van der Waals surface area contributed by atoms with E-state index >= 15 is 0 Å². The molecule has 0 bridgehead atoms. The Morgan fingerprint density at radius 3 is 2.39 bits per heavy atom. The molecule has 124 valence electrons. The number of esters is 1. The number of amides is 3. The van der Waals surface area contributed by atoms with Gasteiger partial charge in [-0.05, 0) is 44.0 Å². The first-order chi connectivity index (χ1) is 11.0. The third-order valence-electron chi connectivity index (χ3n) is 3.73. The lowest BCUT2D eigenvalue weighted by Crippen LogP contribution is -2.47. The molecule has 1 aliphatic rings. The zero-order valence-corrected chi connectivity index (χ0v) is 13.6. The molecule has 1 heterocycles. The van der Waals surface area contributed by atoms with Gasteiger partial charge >= 0.3 is 12.0 Å². The maximum absolute atomic E-state index is 12.1. The number of carbonyl (C=O) groups excluding carboxylic acids is 3. The topological polar surface area (TPSA) is 75.7 Å². The first-order valence-electron chi connectivity index (χ1n) is 7.53. The summed E-state index contributed by atoms with van der Waals surface area (Å²) in [5.41, 5.74) is 0.365. The number of piperidine rings is 1. The van der Waals surface area contributed by atoms with Crippen LogP contribution in [0.1, 0.15) is 30.1 Å². The van der Waals surface area contributed by atoms with Crippen LogP contribution in [0.4, 0.5) is 4.79 Å². The fraction of sp³-hybridized carbons (Fsp3) is 0.438. The van der Waals surface area contributed by atoms with Gasteiger partial charge in [-0.15, -0.1) is 0 Å². The summed E-state index contributed by atoms with van der Waals surface area (Å²) in [4.78, 5) is 37.3. The summed E-state index contributed by atoms with van der Waals surface area (Å²) in [6.07, 6.45) is 1.09. The number of ether oxygens (including phenoxy) is 1. The van der Waals surface area contributed by atoms with E-state index in [1.807, 2.05) is 0 Å². The molecule has 1 saturated heterocycles. The van der Waals surface area contributed by atoms with E-state index in [2.05, 4.69) is 5.32 Å². The Balaban J connectivity index is 1.84. The number of likely N-dealkylation sites (tertiary alicyclic amines) is 1. The van der Waals surface area contributed by atoms with Crippen molar-refractivity contribution in [3.8, 4) is 0 Å². The first-order valence-corrected chi connectivity index (χ1v) is 7.91. The minimum atomic E-state index is -0.473. The maximum Gasteiger partial charge on any atom is 0.324 e. The molecule has 1 fully saturated rings. The lowest BCUT2D eigenvalue weighted by Gasteiger charge is -2.30. The van der Waals surface area contributed by atoms with Gasteiger partial charge in [-0.25, -0.2) is 4.79 Å². The standard InChI is InChI=1S/C16H19ClN2O4/c1-2-23-15(21)12-7-9-19(10-8-12)16(22)18-14(20)11-3-5-13(17)6-4-11/h3-6,12H,2,7-10H2,1H3,(H,18,20,22). The summed E-state index contributed by atoms with van der Waals surface area (Å²) in [5.74, 6) is -0.866. The van der Waals surface area contributed by atoms with E-state index in [9.17, 15) is 14.4 Å². The highest BCUT2D eigenvalue weighted by Crippen LogP contribution is 2.18. The van der Waals surface area contributed by atoms with Crippen LogP contribution in [0.2, 0.25) is 5.02 Å². The highest BCUT2D eigenvalue weighted by atomic mass is 35.5. The SMILES string of the molecule is CCOC(=O)C1CCN(C(=O)NC(=O)c2ccc(Cl)cc2)CC1. The third-order valence-corrected chi connectivity index (χ3v) is 3.98. The fourth-order valence-electron chi connectivity index (χ4n) is 2.43. The Morgan fingerprint density at radius 2 is 1.83 bits per heavy atom. The van der Waals surface area contributed by atoms with Crippen LogP contribution >= 0.6 is 11.6 Å². The van der Waals surface area contributed by atoms with Crippen LogP contribution in [0, 0.1) is 5.92 Å². The van der Waals surface area contributed by atoms with Crippen molar-refractivity contribution >= 4 is 29.5 Å². The quantitative estimate of drug-likeness (QED) is 0.859. The van der Waals surface area contributed by atoms with E-state index in [0.717, 1.165) is 0 Å². The Kier molecular flexibility index (Phi) is 5.98. The number of hydrogen-bond acceptors (Lipinski definition) is 4. The third kappa shape index (κ3) is 4.69. The van der Waals surface area contributed by atoms with Gasteiger partial charge in [-0.1, -0.05) is 11.6 Å². The van der Waals surface area contributed by atoms with Crippen LogP contribution < -0.4 is 5.32 Å². The van der Waals surface area contributed by atoms with Gasteiger partial charge in [0, 0.05) is 23.7 Å². The van der Waals surface area contributed by atoms with Crippen molar-refractivity contribution in [3.05, 3.63) is 34.9 Å². The van der Waals surface area contributed by atoms with Crippen molar-refractivity contribution in [2.75, 3.05) is 19.7 Å². The monoisotopic (exact) mass is 338 g/mol. The van der Waals surface area contributed by atoms with Crippen LogP contribution in [0.5, 0.6) is 0 Å². The normalized spacial score (nSPS) is 15.1. The Morgan fingerprint density at radius 1 is 1.22 bits per heavy atom. The van der Waals surface area contributed by atoms with Crippen molar-refractivity contribution in [2.24, 2.45) is 5.92 Å². The zero-order chi connectivity index (χ0) is 16.8. The molecule has 0 aliphatic carbocycles. The number of imide groups is 1. The molecule has 0 aromatic heterocycles. The van der Waals surface area contributed by atoms with E-state index in [-0.39, 0.29) is 11.9 Å². The number of benzene rings is 1. The summed E-state index contributed by atoms with van der Waals surface area (Å²) >= 11 is 5.76. The summed E-state index contributed by atoms with van der Waals surface area (Å²) in [6, 6.07) is 5.83. The van der Waals surface area contributed by atoms with Gasteiger partial charge in [0.25, 0.3) is 5.91 Å². The maximum atomic E-state index is 12.1. The number of nitrogens with one attached hydrogen (secondary N) is 1. The molecule has 1 aromatic carbocycles. The number of halogens is 1. The molecular formula is C16H19ClN2O4. The second-order valence-corrected chi connectivity index (χ2v) is 5.72. The van der Waals surface area contributed by atoms with Crippen molar-refractivity contribution in [1.82, 2.24) is 10.2 Å². The van der Waals surface area contributed by atoms with Gasteiger partial charge in [0.15, 0.2) is 0 Å². The number of nitrogens with zero attached hydrogens (tertiary/aromatic N) is 1. The van der Waals surface area contributed by atoms with Gasteiger partial charge in [-0.2, -0.15) is 0 Å². The van der Waals surface area contributed by atoms with Crippen molar-refractivity contribution in [3.63, 3.8) is 0 Å². The second-order valence-electron chi connectivity index (χ2n) is 5.28. The number of hydrogen-bond donors (Lipinski definition) is 1. The molecule has 6 nitrogen and oxygen atoms in total. The fourth-order valence-corrected chi connectivity index (χ4v) is 2.55. The Hall–Kier alpha value is -2.08. The van der Waals surface area contributed by atoms with Crippen LogP contribution in [-0.2, 0) is 9.53 Å². The van der Waals surface area contributed by atoms with Gasteiger partial charge < -0.3 is 9.64 Å². The lowest BCUT2D eigenvalue weighted by atomic mass is 9.97. The molecule has 7 heteroatoms.